The Morgan fingerprint density at radius 2 is 1.82 bits per heavy atom. The normalized spacial score (nSPS) is 10.9. The van der Waals surface area contributed by atoms with Crippen molar-refractivity contribution in [2.24, 2.45) is 0 Å². The Balaban J connectivity index is 1.57. The number of carbonyl (C=O) groups is 2. The minimum absolute atomic E-state index is 0.150. The molecule has 0 saturated heterocycles. The Bertz CT molecular complexity index is 1140. The summed E-state index contributed by atoms with van der Waals surface area (Å²) < 4.78 is 13.1. The third-order valence-electron chi connectivity index (χ3n) is 4.73. The lowest BCUT2D eigenvalue weighted by Gasteiger charge is -2.11. The highest BCUT2D eigenvalue weighted by Gasteiger charge is 2.15. The lowest BCUT2D eigenvalue weighted by Crippen LogP contribution is -2.16. The summed E-state index contributed by atoms with van der Waals surface area (Å²) in [6.45, 7) is 10.6. The van der Waals surface area contributed by atoms with E-state index in [0.29, 0.717) is 28.8 Å². The second-order valence-electron chi connectivity index (χ2n) is 8.13. The Morgan fingerprint density at radius 3 is 2.50 bits per heavy atom. The van der Waals surface area contributed by atoms with Gasteiger partial charge in [-0.05, 0) is 76.1 Å². The molecular formula is C25H30N4O4S. The predicted molar refractivity (Wildman–Crippen MR) is 132 cm³/mol. The van der Waals surface area contributed by atoms with Gasteiger partial charge in [0.25, 0.3) is 0 Å². The number of hydrogen-bond acceptors (Lipinski definition) is 7. The number of hydrogen-bond donors (Lipinski definition) is 1. The topological polar surface area (TPSA) is 95.3 Å². The molecule has 2 aromatic carbocycles. The van der Waals surface area contributed by atoms with Crippen LogP contribution in [0.2, 0.25) is 0 Å². The van der Waals surface area contributed by atoms with Gasteiger partial charge in [0.15, 0.2) is 11.0 Å². The van der Waals surface area contributed by atoms with Crippen LogP contribution in [0.4, 0.5) is 5.69 Å². The van der Waals surface area contributed by atoms with Gasteiger partial charge in [-0.3, -0.25) is 4.79 Å². The predicted octanol–water partition coefficient (Wildman–Crippen LogP) is 4.79. The number of nitrogens with zero attached hydrogens (tertiary/aromatic N) is 3. The number of ether oxygens (including phenoxy) is 2. The first-order valence-corrected chi connectivity index (χ1v) is 12.1. The lowest BCUT2D eigenvalue weighted by molar-refractivity contribution is -0.113. The van der Waals surface area contributed by atoms with Crippen molar-refractivity contribution in [3.05, 3.63) is 65.0 Å². The molecule has 3 aromatic rings. The van der Waals surface area contributed by atoms with Gasteiger partial charge >= 0.3 is 5.97 Å². The number of anilines is 1. The monoisotopic (exact) mass is 482 g/mol. The second-order valence-corrected chi connectivity index (χ2v) is 9.07. The largest absolute Gasteiger partial charge is 0.486 e. The molecule has 0 aliphatic rings. The molecule has 0 aliphatic carbocycles. The zero-order valence-electron chi connectivity index (χ0n) is 20.1. The van der Waals surface area contributed by atoms with Crippen LogP contribution < -0.4 is 10.1 Å². The number of carbonyl (C=O) groups excluding carboxylic acids is 2. The molecule has 0 saturated carbocycles. The SMILES string of the molecule is CCn1c(COc2cc(C)cc(C)c2)nnc1SCC(=O)Nc1cccc(C(=O)OC(C)C)c1. The fraction of sp³-hybridized carbons (Fsp3) is 0.360. The van der Waals surface area contributed by atoms with Gasteiger partial charge in [-0.15, -0.1) is 10.2 Å². The Labute approximate surface area is 204 Å². The van der Waals surface area contributed by atoms with E-state index in [-0.39, 0.29) is 24.4 Å². The summed E-state index contributed by atoms with van der Waals surface area (Å²) in [7, 11) is 0. The van der Waals surface area contributed by atoms with Crippen LogP contribution in [-0.4, -0.2) is 38.5 Å². The van der Waals surface area contributed by atoms with Crippen molar-refractivity contribution in [2.75, 3.05) is 11.1 Å². The van der Waals surface area contributed by atoms with Crippen LogP contribution in [0.5, 0.6) is 5.75 Å². The number of aryl methyl sites for hydroxylation is 2. The lowest BCUT2D eigenvalue weighted by atomic mass is 10.1. The van der Waals surface area contributed by atoms with Gasteiger partial charge in [0.1, 0.15) is 12.4 Å². The van der Waals surface area contributed by atoms with Gasteiger partial charge in [0.05, 0.1) is 17.4 Å². The quantitative estimate of drug-likeness (QED) is 0.328. The van der Waals surface area contributed by atoms with Crippen molar-refractivity contribution < 1.29 is 19.1 Å². The van der Waals surface area contributed by atoms with Crippen molar-refractivity contribution in [1.82, 2.24) is 14.8 Å². The molecule has 180 valence electrons. The number of thioether (sulfide) groups is 1. The van der Waals surface area contributed by atoms with Crippen LogP contribution >= 0.6 is 11.8 Å². The minimum Gasteiger partial charge on any atom is -0.486 e. The van der Waals surface area contributed by atoms with Crippen LogP contribution in [-0.2, 0) is 22.7 Å². The molecule has 0 fully saturated rings. The average molecular weight is 483 g/mol. The molecule has 0 radical (unpaired) electrons. The molecule has 1 heterocycles. The summed E-state index contributed by atoms with van der Waals surface area (Å²) >= 11 is 1.30. The van der Waals surface area contributed by atoms with E-state index in [1.165, 1.54) is 11.8 Å². The van der Waals surface area contributed by atoms with Crippen LogP contribution in [0.1, 0.15) is 48.1 Å². The van der Waals surface area contributed by atoms with E-state index in [2.05, 4.69) is 21.6 Å². The van der Waals surface area contributed by atoms with Crippen LogP contribution in [0.25, 0.3) is 0 Å². The van der Waals surface area contributed by atoms with E-state index in [4.69, 9.17) is 9.47 Å². The summed E-state index contributed by atoms with van der Waals surface area (Å²) in [4.78, 5) is 24.6. The van der Waals surface area contributed by atoms with Crippen molar-refractivity contribution in [3.8, 4) is 5.75 Å². The first kappa shape index (κ1) is 25.3. The highest BCUT2D eigenvalue weighted by atomic mass is 32.2. The van der Waals surface area contributed by atoms with E-state index in [0.717, 1.165) is 16.9 Å². The van der Waals surface area contributed by atoms with E-state index < -0.39 is 5.97 Å². The van der Waals surface area contributed by atoms with Crippen LogP contribution in [0, 0.1) is 13.8 Å². The summed E-state index contributed by atoms with van der Waals surface area (Å²) in [5, 5.41) is 11.9. The van der Waals surface area contributed by atoms with Gasteiger partial charge in [-0.2, -0.15) is 0 Å². The first-order chi connectivity index (χ1) is 16.2. The van der Waals surface area contributed by atoms with Gasteiger partial charge in [-0.25, -0.2) is 4.79 Å². The summed E-state index contributed by atoms with van der Waals surface area (Å²) in [6.07, 6.45) is -0.214. The van der Waals surface area contributed by atoms with E-state index in [1.807, 2.05) is 37.5 Å². The molecule has 8 nitrogen and oxygen atoms in total. The number of aromatic nitrogens is 3. The van der Waals surface area contributed by atoms with Crippen molar-refractivity contribution in [2.45, 2.75) is 59.0 Å². The standard InChI is InChI=1S/C25H30N4O4S/c1-6-29-22(14-32-21-11-17(4)10-18(5)12-21)27-28-25(29)34-15-23(30)26-20-9-7-8-19(13-20)24(31)33-16(2)3/h7-13,16H,6,14-15H2,1-5H3,(H,26,30). The van der Waals surface area contributed by atoms with Gasteiger partial charge in [0, 0.05) is 12.2 Å². The minimum atomic E-state index is -0.424. The van der Waals surface area contributed by atoms with Crippen molar-refractivity contribution in [3.63, 3.8) is 0 Å². The highest BCUT2D eigenvalue weighted by Crippen LogP contribution is 2.21. The molecule has 0 aliphatic heterocycles. The maximum Gasteiger partial charge on any atom is 0.338 e. The molecule has 1 aromatic heterocycles. The van der Waals surface area contributed by atoms with Gasteiger partial charge in [0.2, 0.25) is 5.91 Å². The maximum absolute atomic E-state index is 12.5. The number of benzene rings is 2. The van der Waals surface area contributed by atoms with Gasteiger partial charge < -0.3 is 19.4 Å². The maximum atomic E-state index is 12.5. The highest BCUT2D eigenvalue weighted by molar-refractivity contribution is 7.99. The summed E-state index contributed by atoms with van der Waals surface area (Å²) in [6, 6.07) is 12.7. The molecule has 0 bridgehead atoms. The molecule has 0 atom stereocenters. The molecule has 1 amide bonds. The zero-order chi connectivity index (χ0) is 24.7. The zero-order valence-corrected chi connectivity index (χ0v) is 20.9. The fourth-order valence-electron chi connectivity index (χ4n) is 3.35. The molecule has 0 unspecified atom stereocenters. The smallest absolute Gasteiger partial charge is 0.338 e. The van der Waals surface area contributed by atoms with Crippen molar-refractivity contribution >= 4 is 29.3 Å². The number of esters is 1. The van der Waals surface area contributed by atoms with E-state index in [9.17, 15) is 9.59 Å². The summed E-state index contributed by atoms with van der Waals surface area (Å²) in [5.74, 6) is 0.999. The number of amides is 1. The molecular weight excluding hydrogens is 452 g/mol. The molecule has 34 heavy (non-hydrogen) atoms. The van der Waals surface area contributed by atoms with Crippen LogP contribution in [0.15, 0.2) is 47.6 Å². The average Bonchev–Trinajstić information content (AvgIpc) is 3.17. The molecule has 0 spiro atoms. The van der Waals surface area contributed by atoms with Crippen LogP contribution in [0.3, 0.4) is 0 Å². The Hall–Kier alpha value is -3.33. The fourth-order valence-corrected chi connectivity index (χ4v) is 4.17. The Morgan fingerprint density at radius 1 is 1.09 bits per heavy atom. The van der Waals surface area contributed by atoms with Crippen molar-refractivity contribution in [1.29, 1.82) is 0 Å². The second kappa shape index (κ2) is 11.7. The molecule has 9 heteroatoms. The van der Waals surface area contributed by atoms with E-state index >= 15 is 0 Å². The number of rotatable bonds is 10. The number of nitrogens with one attached hydrogen (secondary N) is 1. The summed E-state index contributed by atoms with van der Waals surface area (Å²) in [5.41, 5.74) is 3.19. The van der Waals surface area contributed by atoms with E-state index in [1.54, 1.807) is 38.1 Å². The molecule has 3 rings (SSSR count). The third-order valence-corrected chi connectivity index (χ3v) is 5.70. The molecule has 1 N–H and O–H groups in total. The Kier molecular flexibility index (Phi) is 8.70. The first-order valence-electron chi connectivity index (χ1n) is 11.1. The third kappa shape index (κ3) is 7.08. The van der Waals surface area contributed by atoms with Gasteiger partial charge in [-0.1, -0.05) is 23.9 Å².